The van der Waals surface area contributed by atoms with Crippen molar-refractivity contribution in [3.05, 3.63) is 67.0 Å². The van der Waals surface area contributed by atoms with Crippen LogP contribution in [0.2, 0.25) is 10.0 Å². The summed E-state index contributed by atoms with van der Waals surface area (Å²) in [5.41, 5.74) is 0.904. The van der Waals surface area contributed by atoms with Crippen molar-refractivity contribution in [2.75, 3.05) is 0 Å². The summed E-state index contributed by atoms with van der Waals surface area (Å²) >= 11 is 14.0. The zero-order valence-corrected chi connectivity index (χ0v) is 12.7. The summed E-state index contributed by atoms with van der Waals surface area (Å²) in [5, 5.41) is 11.1. The van der Waals surface area contributed by atoms with Gasteiger partial charge in [-0.2, -0.15) is 0 Å². The standard InChI is InChI=1S/C13H8Cl2FIO/c14-10-3-2-8(16)6-9(10)13(18)7-1-4-12(17)11(15)5-7/h1-6,13,18H. The Morgan fingerprint density at radius 3 is 2.44 bits per heavy atom. The van der Waals surface area contributed by atoms with Crippen LogP contribution in [0.1, 0.15) is 17.2 Å². The van der Waals surface area contributed by atoms with Gasteiger partial charge in [0.1, 0.15) is 11.9 Å². The van der Waals surface area contributed by atoms with E-state index in [2.05, 4.69) is 22.6 Å². The molecule has 0 aliphatic heterocycles. The van der Waals surface area contributed by atoms with E-state index in [4.69, 9.17) is 23.2 Å². The first-order chi connectivity index (χ1) is 8.49. The highest BCUT2D eigenvalue weighted by Crippen LogP contribution is 2.31. The molecule has 0 bridgehead atoms. The molecule has 94 valence electrons. The molecule has 0 amide bonds. The average Bonchev–Trinajstić information content (AvgIpc) is 2.35. The number of halogens is 4. The van der Waals surface area contributed by atoms with Crippen molar-refractivity contribution >= 4 is 45.8 Å². The van der Waals surface area contributed by atoms with Crippen LogP contribution in [0.15, 0.2) is 36.4 Å². The Balaban J connectivity index is 2.44. The van der Waals surface area contributed by atoms with Crippen LogP contribution >= 0.6 is 45.8 Å². The quantitative estimate of drug-likeness (QED) is 0.721. The number of hydrogen-bond acceptors (Lipinski definition) is 1. The lowest BCUT2D eigenvalue weighted by atomic mass is 10.0. The molecular formula is C13H8Cl2FIO. The van der Waals surface area contributed by atoms with Gasteiger partial charge >= 0.3 is 0 Å². The first-order valence-electron chi connectivity index (χ1n) is 5.07. The first-order valence-corrected chi connectivity index (χ1v) is 6.90. The molecule has 1 N–H and O–H groups in total. The molecular weight excluding hydrogens is 389 g/mol. The highest BCUT2D eigenvalue weighted by atomic mass is 127. The summed E-state index contributed by atoms with van der Waals surface area (Å²) in [5.74, 6) is -0.440. The molecule has 0 aromatic heterocycles. The second-order valence-electron chi connectivity index (χ2n) is 3.74. The van der Waals surface area contributed by atoms with Crippen molar-refractivity contribution in [3.8, 4) is 0 Å². The Morgan fingerprint density at radius 1 is 1.06 bits per heavy atom. The lowest BCUT2D eigenvalue weighted by Gasteiger charge is -2.14. The molecule has 2 aromatic carbocycles. The van der Waals surface area contributed by atoms with Gasteiger partial charge in [-0.25, -0.2) is 4.39 Å². The van der Waals surface area contributed by atoms with E-state index in [-0.39, 0.29) is 0 Å². The fourth-order valence-electron chi connectivity index (χ4n) is 1.59. The third-order valence-corrected chi connectivity index (χ3v) is 4.43. The third kappa shape index (κ3) is 2.96. The number of benzene rings is 2. The fraction of sp³-hybridized carbons (Fsp3) is 0.0769. The molecule has 0 saturated heterocycles. The van der Waals surface area contributed by atoms with Gasteiger partial charge in [-0.1, -0.05) is 29.3 Å². The van der Waals surface area contributed by atoms with Crippen molar-refractivity contribution in [3.63, 3.8) is 0 Å². The summed E-state index contributed by atoms with van der Waals surface area (Å²) in [6.07, 6.45) is -0.998. The second-order valence-corrected chi connectivity index (χ2v) is 5.72. The smallest absolute Gasteiger partial charge is 0.123 e. The molecule has 0 radical (unpaired) electrons. The Labute approximate surface area is 128 Å². The molecule has 0 spiro atoms. The molecule has 1 unspecified atom stereocenters. The first kappa shape index (κ1) is 14.1. The van der Waals surface area contributed by atoms with Crippen molar-refractivity contribution in [1.82, 2.24) is 0 Å². The number of aliphatic hydroxyl groups excluding tert-OH is 1. The molecule has 0 saturated carbocycles. The van der Waals surface area contributed by atoms with Gasteiger partial charge in [-0.3, -0.25) is 0 Å². The van der Waals surface area contributed by atoms with Crippen molar-refractivity contribution in [2.45, 2.75) is 6.10 Å². The normalized spacial score (nSPS) is 12.5. The van der Waals surface area contributed by atoms with Gasteiger partial charge in [-0.05, 0) is 58.5 Å². The summed E-state index contributed by atoms with van der Waals surface area (Å²) in [6.45, 7) is 0. The maximum absolute atomic E-state index is 13.2. The van der Waals surface area contributed by atoms with Gasteiger partial charge in [0, 0.05) is 14.2 Å². The van der Waals surface area contributed by atoms with Gasteiger partial charge in [0.05, 0.1) is 5.02 Å². The van der Waals surface area contributed by atoms with Crippen LogP contribution < -0.4 is 0 Å². The van der Waals surface area contributed by atoms with Crippen LogP contribution in [-0.4, -0.2) is 5.11 Å². The van der Waals surface area contributed by atoms with Gasteiger partial charge in [0.2, 0.25) is 0 Å². The molecule has 5 heteroatoms. The van der Waals surface area contributed by atoms with Crippen LogP contribution in [0.5, 0.6) is 0 Å². The summed E-state index contributed by atoms with van der Waals surface area (Å²) in [6, 6.07) is 9.06. The highest BCUT2D eigenvalue weighted by molar-refractivity contribution is 14.1. The van der Waals surface area contributed by atoms with Crippen LogP contribution in [0, 0.1) is 9.39 Å². The van der Waals surface area contributed by atoms with Crippen LogP contribution in [0.4, 0.5) is 4.39 Å². The largest absolute Gasteiger partial charge is 0.384 e. The molecule has 2 rings (SSSR count). The predicted molar refractivity (Wildman–Crippen MR) is 79.6 cm³/mol. The summed E-state index contributed by atoms with van der Waals surface area (Å²) in [4.78, 5) is 0. The maximum Gasteiger partial charge on any atom is 0.123 e. The minimum Gasteiger partial charge on any atom is -0.384 e. The molecule has 2 aromatic rings. The lowest BCUT2D eigenvalue weighted by Crippen LogP contribution is -2.01. The van der Waals surface area contributed by atoms with Gasteiger partial charge < -0.3 is 5.11 Å². The van der Waals surface area contributed by atoms with Gasteiger partial charge in [0.25, 0.3) is 0 Å². The Morgan fingerprint density at radius 2 is 1.78 bits per heavy atom. The molecule has 0 aliphatic carbocycles. The van der Waals surface area contributed by atoms with Crippen LogP contribution in [0.3, 0.4) is 0 Å². The average molecular weight is 397 g/mol. The van der Waals surface area contributed by atoms with E-state index in [0.717, 1.165) is 3.57 Å². The second kappa shape index (κ2) is 5.74. The SMILES string of the molecule is OC(c1ccc(I)c(Cl)c1)c1cc(F)ccc1Cl. The minimum atomic E-state index is -0.998. The molecule has 1 atom stereocenters. The molecule has 0 aliphatic rings. The van der Waals surface area contributed by atoms with Gasteiger partial charge in [-0.15, -0.1) is 0 Å². The van der Waals surface area contributed by atoms with E-state index in [1.54, 1.807) is 18.2 Å². The van der Waals surface area contributed by atoms with Crippen molar-refractivity contribution in [2.24, 2.45) is 0 Å². The van der Waals surface area contributed by atoms with E-state index in [1.165, 1.54) is 18.2 Å². The topological polar surface area (TPSA) is 20.2 Å². The number of aliphatic hydroxyl groups is 1. The zero-order chi connectivity index (χ0) is 13.3. The summed E-state index contributed by atoms with van der Waals surface area (Å²) in [7, 11) is 0. The number of rotatable bonds is 2. The van der Waals surface area contributed by atoms with Crippen molar-refractivity contribution in [1.29, 1.82) is 0 Å². The van der Waals surface area contributed by atoms with E-state index in [1.807, 2.05) is 0 Å². The Kier molecular flexibility index (Phi) is 4.48. The lowest BCUT2D eigenvalue weighted by molar-refractivity contribution is 0.220. The summed E-state index contributed by atoms with van der Waals surface area (Å²) < 4.78 is 14.1. The van der Waals surface area contributed by atoms with E-state index in [9.17, 15) is 9.50 Å². The zero-order valence-electron chi connectivity index (χ0n) is 9.00. The Bertz CT molecular complexity index is 589. The molecule has 0 fully saturated rings. The maximum atomic E-state index is 13.2. The minimum absolute atomic E-state index is 0.318. The molecule has 0 heterocycles. The molecule has 1 nitrogen and oxygen atoms in total. The fourth-order valence-corrected chi connectivity index (χ4v) is 2.33. The predicted octanol–water partition coefficient (Wildman–Crippen LogP) is 4.82. The van der Waals surface area contributed by atoms with E-state index >= 15 is 0 Å². The monoisotopic (exact) mass is 396 g/mol. The van der Waals surface area contributed by atoms with Crippen LogP contribution in [0.25, 0.3) is 0 Å². The number of hydrogen-bond donors (Lipinski definition) is 1. The Hall–Kier alpha value is -0.360. The van der Waals surface area contributed by atoms with Gasteiger partial charge in [0.15, 0.2) is 0 Å². The molecule has 18 heavy (non-hydrogen) atoms. The van der Waals surface area contributed by atoms with Crippen molar-refractivity contribution < 1.29 is 9.50 Å². The van der Waals surface area contributed by atoms with Crippen LogP contribution in [-0.2, 0) is 0 Å². The third-order valence-electron chi connectivity index (χ3n) is 2.51. The highest BCUT2D eigenvalue weighted by Gasteiger charge is 2.15. The van der Waals surface area contributed by atoms with E-state index < -0.39 is 11.9 Å². The van der Waals surface area contributed by atoms with E-state index in [0.29, 0.717) is 21.2 Å².